The fourth-order valence-electron chi connectivity index (χ4n) is 2.58. The number of benzene rings is 1. The lowest BCUT2D eigenvalue weighted by atomic mass is 10.1. The van der Waals surface area contributed by atoms with E-state index in [2.05, 4.69) is 20.9 Å². The van der Waals surface area contributed by atoms with Gasteiger partial charge in [-0.3, -0.25) is 4.98 Å². The van der Waals surface area contributed by atoms with Crippen molar-refractivity contribution in [1.29, 1.82) is 0 Å². The number of sulfonamides is 1. The first kappa shape index (κ1) is 16.4. The number of ether oxygens (including phenoxy) is 1. The highest BCUT2D eigenvalue weighted by atomic mass is 79.9. The molecule has 1 fully saturated rings. The van der Waals surface area contributed by atoms with Crippen LogP contribution in [0.25, 0.3) is 0 Å². The molecule has 0 bridgehead atoms. The molecular weight excluding hydrogens is 380 g/mol. The van der Waals surface area contributed by atoms with Crippen molar-refractivity contribution < 1.29 is 13.2 Å². The van der Waals surface area contributed by atoms with Crippen LogP contribution in [0, 0.1) is 0 Å². The Kier molecular flexibility index (Phi) is 4.99. The van der Waals surface area contributed by atoms with Gasteiger partial charge in [-0.15, -0.1) is 0 Å². The summed E-state index contributed by atoms with van der Waals surface area (Å²) in [4.78, 5) is 4.26. The van der Waals surface area contributed by atoms with Gasteiger partial charge in [0.05, 0.1) is 11.4 Å². The van der Waals surface area contributed by atoms with Crippen LogP contribution in [-0.2, 0) is 10.0 Å². The van der Waals surface area contributed by atoms with Crippen LogP contribution in [0.1, 0.15) is 12.8 Å². The molecule has 0 amide bonds. The van der Waals surface area contributed by atoms with Gasteiger partial charge in [0.15, 0.2) is 0 Å². The van der Waals surface area contributed by atoms with Gasteiger partial charge in [0.25, 0.3) is 0 Å². The third-order valence-electron chi connectivity index (χ3n) is 3.74. The second-order valence-electron chi connectivity index (χ2n) is 5.38. The van der Waals surface area contributed by atoms with Gasteiger partial charge in [0.2, 0.25) is 10.0 Å². The smallest absolute Gasteiger partial charge is 0.243 e. The molecule has 1 unspecified atom stereocenters. The molecule has 3 rings (SSSR count). The number of nitrogens with zero attached hydrogens (tertiary/aromatic N) is 2. The standard InChI is InChI=1S/C16H17BrN2O3S/c17-13-3-5-16(6-4-13)23(20,21)19-11-1-2-15(12-19)22-14-7-9-18-10-8-14/h3-10,15H,1-2,11-12H2. The van der Waals surface area contributed by atoms with Gasteiger partial charge in [-0.2, -0.15) is 4.31 Å². The maximum atomic E-state index is 12.7. The Hall–Kier alpha value is -1.44. The molecule has 7 heteroatoms. The van der Waals surface area contributed by atoms with E-state index in [1.165, 1.54) is 4.31 Å². The van der Waals surface area contributed by atoms with E-state index in [0.717, 1.165) is 17.3 Å². The van der Waals surface area contributed by atoms with Gasteiger partial charge in [0, 0.05) is 23.4 Å². The molecule has 1 aromatic heterocycles. The summed E-state index contributed by atoms with van der Waals surface area (Å²) in [7, 11) is -3.48. The first-order chi connectivity index (χ1) is 11.1. The molecular formula is C16H17BrN2O3S. The van der Waals surface area contributed by atoms with Crippen LogP contribution in [0.4, 0.5) is 0 Å². The van der Waals surface area contributed by atoms with Crippen LogP contribution in [-0.4, -0.2) is 36.9 Å². The number of piperidine rings is 1. The summed E-state index contributed by atoms with van der Waals surface area (Å²) < 4.78 is 33.7. The molecule has 0 spiro atoms. The molecule has 0 radical (unpaired) electrons. The number of halogens is 1. The van der Waals surface area contributed by atoms with Crippen molar-refractivity contribution in [3.05, 3.63) is 53.3 Å². The van der Waals surface area contributed by atoms with Crippen molar-refractivity contribution in [3.8, 4) is 5.75 Å². The van der Waals surface area contributed by atoms with Crippen LogP contribution in [0.5, 0.6) is 5.75 Å². The minimum atomic E-state index is -3.48. The Balaban J connectivity index is 1.74. The third kappa shape index (κ3) is 3.91. The van der Waals surface area contributed by atoms with Crippen LogP contribution < -0.4 is 4.74 Å². The number of pyridine rings is 1. The highest BCUT2D eigenvalue weighted by Crippen LogP contribution is 2.24. The van der Waals surface area contributed by atoms with Crippen LogP contribution >= 0.6 is 15.9 Å². The Labute approximate surface area is 144 Å². The Morgan fingerprint density at radius 2 is 1.83 bits per heavy atom. The summed E-state index contributed by atoms with van der Waals surface area (Å²) in [6.07, 6.45) is 4.81. The molecule has 1 saturated heterocycles. The Bertz CT molecular complexity index is 751. The number of rotatable bonds is 4. The van der Waals surface area contributed by atoms with E-state index in [-0.39, 0.29) is 6.10 Å². The van der Waals surface area contributed by atoms with E-state index >= 15 is 0 Å². The van der Waals surface area contributed by atoms with E-state index in [4.69, 9.17) is 4.74 Å². The molecule has 0 N–H and O–H groups in total. The average Bonchev–Trinajstić information content (AvgIpc) is 2.56. The highest BCUT2D eigenvalue weighted by Gasteiger charge is 2.31. The topological polar surface area (TPSA) is 59.5 Å². The largest absolute Gasteiger partial charge is 0.489 e. The van der Waals surface area contributed by atoms with Crippen molar-refractivity contribution in [2.24, 2.45) is 0 Å². The second kappa shape index (κ2) is 6.98. The van der Waals surface area contributed by atoms with Crippen molar-refractivity contribution in [3.63, 3.8) is 0 Å². The quantitative estimate of drug-likeness (QED) is 0.796. The minimum Gasteiger partial charge on any atom is -0.489 e. The Morgan fingerprint density at radius 1 is 1.13 bits per heavy atom. The highest BCUT2D eigenvalue weighted by molar-refractivity contribution is 9.10. The van der Waals surface area contributed by atoms with E-state index in [1.54, 1.807) is 48.8 Å². The fraction of sp³-hybridized carbons (Fsp3) is 0.312. The zero-order valence-electron chi connectivity index (χ0n) is 12.4. The third-order valence-corrected chi connectivity index (χ3v) is 6.15. The number of aromatic nitrogens is 1. The first-order valence-corrected chi connectivity index (χ1v) is 9.61. The predicted octanol–water partition coefficient (Wildman–Crippen LogP) is 3.08. The van der Waals surface area contributed by atoms with E-state index in [9.17, 15) is 8.42 Å². The maximum absolute atomic E-state index is 12.7. The molecule has 1 aliphatic rings. The summed E-state index contributed by atoms with van der Waals surface area (Å²) in [5.41, 5.74) is 0. The molecule has 1 aromatic carbocycles. The van der Waals surface area contributed by atoms with Gasteiger partial charge < -0.3 is 4.74 Å². The SMILES string of the molecule is O=S(=O)(c1ccc(Br)cc1)N1CCCC(Oc2ccncc2)C1. The lowest BCUT2D eigenvalue weighted by Crippen LogP contribution is -2.44. The maximum Gasteiger partial charge on any atom is 0.243 e. The predicted molar refractivity (Wildman–Crippen MR) is 90.8 cm³/mol. The first-order valence-electron chi connectivity index (χ1n) is 7.38. The summed E-state index contributed by atoms with van der Waals surface area (Å²) in [6, 6.07) is 10.3. The average molecular weight is 397 g/mol. The van der Waals surface area contributed by atoms with Gasteiger partial charge in [0.1, 0.15) is 11.9 Å². The van der Waals surface area contributed by atoms with Crippen molar-refractivity contribution in [1.82, 2.24) is 9.29 Å². The molecule has 1 atom stereocenters. The fourth-order valence-corrected chi connectivity index (χ4v) is 4.36. The molecule has 0 aliphatic carbocycles. The van der Waals surface area contributed by atoms with Crippen molar-refractivity contribution >= 4 is 26.0 Å². The minimum absolute atomic E-state index is 0.142. The van der Waals surface area contributed by atoms with Gasteiger partial charge in [-0.1, -0.05) is 15.9 Å². The summed E-state index contributed by atoms with van der Waals surface area (Å²) >= 11 is 3.32. The van der Waals surface area contributed by atoms with Crippen LogP contribution in [0.3, 0.4) is 0 Å². The second-order valence-corrected chi connectivity index (χ2v) is 8.24. The molecule has 2 aromatic rings. The number of hydrogen-bond donors (Lipinski definition) is 0. The Morgan fingerprint density at radius 3 is 2.52 bits per heavy atom. The van der Waals surface area contributed by atoms with E-state index in [0.29, 0.717) is 23.7 Å². The van der Waals surface area contributed by atoms with Gasteiger partial charge in [-0.25, -0.2) is 8.42 Å². The molecule has 23 heavy (non-hydrogen) atoms. The van der Waals surface area contributed by atoms with E-state index < -0.39 is 10.0 Å². The molecule has 122 valence electrons. The van der Waals surface area contributed by atoms with Crippen LogP contribution in [0.15, 0.2) is 58.2 Å². The van der Waals surface area contributed by atoms with E-state index in [1.807, 2.05) is 0 Å². The number of hydrogen-bond acceptors (Lipinski definition) is 4. The monoisotopic (exact) mass is 396 g/mol. The summed E-state index contributed by atoms with van der Waals surface area (Å²) in [5, 5.41) is 0. The lowest BCUT2D eigenvalue weighted by Gasteiger charge is -2.32. The molecule has 2 heterocycles. The van der Waals surface area contributed by atoms with Crippen molar-refractivity contribution in [2.75, 3.05) is 13.1 Å². The summed E-state index contributed by atoms with van der Waals surface area (Å²) in [5.74, 6) is 0.716. The van der Waals surface area contributed by atoms with Gasteiger partial charge in [-0.05, 0) is 49.2 Å². The normalized spacial score (nSPS) is 19.4. The summed E-state index contributed by atoms with van der Waals surface area (Å²) in [6.45, 7) is 0.884. The lowest BCUT2D eigenvalue weighted by molar-refractivity contribution is 0.129. The van der Waals surface area contributed by atoms with Crippen molar-refractivity contribution in [2.45, 2.75) is 23.8 Å². The zero-order chi connectivity index (χ0) is 16.3. The molecule has 1 aliphatic heterocycles. The van der Waals surface area contributed by atoms with Crippen LogP contribution in [0.2, 0.25) is 0 Å². The zero-order valence-corrected chi connectivity index (χ0v) is 14.8. The molecule has 0 saturated carbocycles. The molecule has 5 nitrogen and oxygen atoms in total. The van der Waals surface area contributed by atoms with Gasteiger partial charge >= 0.3 is 0 Å².